The number of alkyl halides is 3. The summed E-state index contributed by atoms with van der Waals surface area (Å²) in [6.45, 7) is 11.2. The summed E-state index contributed by atoms with van der Waals surface area (Å²) in [5.74, 6) is -3.12. The molecule has 0 saturated carbocycles. The first-order valence-electron chi connectivity index (χ1n) is 13.1. The van der Waals surface area contributed by atoms with E-state index in [4.69, 9.17) is 15.6 Å². The monoisotopic (exact) mass is 563 g/mol. The van der Waals surface area contributed by atoms with Gasteiger partial charge in [-0.25, -0.2) is 4.79 Å². The number of nitrogens with two attached hydrogens (primary N) is 1. The van der Waals surface area contributed by atoms with Gasteiger partial charge in [0.05, 0.1) is 11.7 Å². The summed E-state index contributed by atoms with van der Waals surface area (Å²) >= 11 is 0. The molecule has 0 saturated heterocycles. The molecule has 1 aromatic rings. The minimum absolute atomic E-state index is 0.0324. The molecule has 0 heterocycles. The van der Waals surface area contributed by atoms with Crippen molar-refractivity contribution in [2.75, 3.05) is 13.1 Å². The molecule has 2 amide bonds. The molecule has 1 aromatic carbocycles. The molecule has 0 aliphatic rings. The number of carboxylic acids is 1. The number of hydrogen-bond donors (Lipinski definition) is 6. The van der Waals surface area contributed by atoms with Crippen molar-refractivity contribution in [3.8, 4) is 5.75 Å². The van der Waals surface area contributed by atoms with Gasteiger partial charge in [-0.05, 0) is 49.1 Å². The highest BCUT2D eigenvalue weighted by molar-refractivity contribution is 5.96. The predicted molar refractivity (Wildman–Crippen MR) is 142 cm³/mol. The number of phenolic OH excluding ortho intramolecular Hbond substituents is 1. The van der Waals surface area contributed by atoms with Crippen LogP contribution in [0.25, 0.3) is 0 Å². The average Bonchev–Trinajstić information content (AvgIpc) is 2.84. The Bertz CT molecular complexity index is 896. The number of aliphatic hydroxyl groups excluding tert-OH is 1. The number of carbonyl (C=O) groups excluding carboxylic acids is 2. The van der Waals surface area contributed by atoms with Crippen molar-refractivity contribution in [3.05, 3.63) is 29.8 Å². The maximum absolute atomic E-state index is 12.6. The Kier molecular flexibility index (Phi) is 16.4. The second kappa shape index (κ2) is 17.7. The van der Waals surface area contributed by atoms with Gasteiger partial charge in [-0.2, -0.15) is 13.2 Å². The first-order chi connectivity index (χ1) is 18.0. The fourth-order valence-electron chi connectivity index (χ4n) is 3.72. The van der Waals surface area contributed by atoms with Crippen molar-refractivity contribution in [3.63, 3.8) is 0 Å². The molecule has 9 nitrogen and oxygen atoms in total. The summed E-state index contributed by atoms with van der Waals surface area (Å²) in [6, 6.07) is 5.91. The van der Waals surface area contributed by atoms with E-state index in [1.54, 1.807) is 18.2 Å². The zero-order valence-corrected chi connectivity index (χ0v) is 23.3. The number of halogens is 3. The van der Waals surface area contributed by atoms with E-state index in [9.17, 15) is 33.0 Å². The van der Waals surface area contributed by atoms with Gasteiger partial charge in [0.2, 0.25) is 5.91 Å². The Morgan fingerprint density at radius 1 is 1.00 bits per heavy atom. The molecule has 0 unspecified atom stereocenters. The van der Waals surface area contributed by atoms with Crippen molar-refractivity contribution in [1.29, 1.82) is 0 Å². The van der Waals surface area contributed by atoms with Gasteiger partial charge < -0.3 is 31.7 Å². The van der Waals surface area contributed by atoms with Crippen LogP contribution in [0.5, 0.6) is 5.75 Å². The number of unbranched alkanes of at least 4 members (excludes halogenated alkanes) is 1. The lowest BCUT2D eigenvalue weighted by atomic mass is 9.83. The first kappa shape index (κ1) is 36.1. The van der Waals surface area contributed by atoms with Crippen LogP contribution >= 0.6 is 0 Å². The third-order valence-corrected chi connectivity index (χ3v) is 6.39. The molecule has 39 heavy (non-hydrogen) atoms. The summed E-state index contributed by atoms with van der Waals surface area (Å²) in [5, 5.41) is 33.6. The third-order valence-electron chi connectivity index (χ3n) is 6.39. The van der Waals surface area contributed by atoms with E-state index >= 15 is 0 Å². The number of para-hydroxylation sites is 1. The SMILES string of the molecule is CCCCNC(=O)[C@@H](C[C@H](O)[C@@H](N)C[C@H](CNC(=O)c1ccccc1O)C(C)C)C(C)C.O=C(O)C(F)(F)F. The van der Waals surface area contributed by atoms with Gasteiger partial charge in [-0.15, -0.1) is 0 Å². The van der Waals surface area contributed by atoms with Gasteiger partial charge in [0.25, 0.3) is 5.91 Å². The van der Waals surface area contributed by atoms with Crippen LogP contribution in [0.15, 0.2) is 24.3 Å². The fraction of sp³-hybridized carbons (Fsp3) is 0.667. The van der Waals surface area contributed by atoms with Crippen molar-refractivity contribution < 1.29 is 42.9 Å². The molecular formula is C27H44F3N3O6. The second-order valence-corrected chi connectivity index (χ2v) is 10.2. The van der Waals surface area contributed by atoms with Crippen LogP contribution in [0.3, 0.4) is 0 Å². The average molecular weight is 564 g/mol. The molecule has 0 radical (unpaired) electrons. The van der Waals surface area contributed by atoms with Crippen LogP contribution in [0.4, 0.5) is 13.2 Å². The van der Waals surface area contributed by atoms with E-state index in [0.29, 0.717) is 25.9 Å². The number of amides is 2. The molecule has 1 rings (SSSR count). The lowest BCUT2D eigenvalue weighted by molar-refractivity contribution is -0.192. The maximum atomic E-state index is 12.6. The van der Waals surface area contributed by atoms with E-state index in [0.717, 1.165) is 12.8 Å². The standard InChI is InChI=1S/C25H43N3O4.C2HF3O2/c1-6-7-12-27-25(32)20(17(4)5)14-23(30)21(26)13-18(16(2)3)15-28-24(31)19-10-8-9-11-22(19)29;3-2(4,5)1(6)7/h8-11,16-18,20-21,23,29-30H,6-7,12-15,26H2,1-5H3,(H,27,32)(H,28,31);(H,6,7)/t18-,20+,21+,23+;/m1./s1. The largest absolute Gasteiger partial charge is 0.507 e. The van der Waals surface area contributed by atoms with Crippen molar-refractivity contribution in [2.24, 2.45) is 29.4 Å². The van der Waals surface area contributed by atoms with Gasteiger partial charge in [0.15, 0.2) is 0 Å². The van der Waals surface area contributed by atoms with Crippen molar-refractivity contribution >= 4 is 17.8 Å². The lowest BCUT2D eigenvalue weighted by Crippen LogP contribution is -2.44. The van der Waals surface area contributed by atoms with Crippen molar-refractivity contribution in [1.82, 2.24) is 10.6 Å². The molecule has 0 bridgehead atoms. The van der Waals surface area contributed by atoms with E-state index in [1.165, 1.54) is 6.07 Å². The van der Waals surface area contributed by atoms with Crippen LogP contribution in [-0.4, -0.2) is 64.5 Å². The highest BCUT2D eigenvalue weighted by Crippen LogP contribution is 2.23. The number of carbonyl (C=O) groups is 3. The summed E-state index contributed by atoms with van der Waals surface area (Å²) in [5.41, 5.74) is 6.56. The maximum Gasteiger partial charge on any atom is 0.490 e. The first-order valence-corrected chi connectivity index (χ1v) is 13.1. The Labute approximate surface area is 228 Å². The number of aliphatic hydroxyl groups is 1. The molecule has 0 aliphatic carbocycles. The van der Waals surface area contributed by atoms with E-state index in [1.807, 2.05) is 27.7 Å². The fourth-order valence-corrected chi connectivity index (χ4v) is 3.72. The highest BCUT2D eigenvalue weighted by atomic mass is 19.4. The zero-order valence-electron chi connectivity index (χ0n) is 23.3. The molecule has 0 spiro atoms. The van der Waals surface area contributed by atoms with E-state index in [2.05, 4.69) is 17.6 Å². The number of rotatable bonds is 14. The number of nitrogens with one attached hydrogen (secondary N) is 2. The molecule has 7 N–H and O–H groups in total. The van der Waals surface area contributed by atoms with Crippen molar-refractivity contribution in [2.45, 2.75) is 78.6 Å². The van der Waals surface area contributed by atoms with Gasteiger partial charge in [0, 0.05) is 25.0 Å². The molecule has 0 aliphatic heterocycles. The van der Waals surface area contributed by atoms with Gasteiger partial charge in [-0.1, -0.05) is 53.2 Å². The summed E-state index contributed by atoms with van der Waals surface area (Å²) < 4.78 is 31.7. The quantitative estimate of drug-likeness (QED) is 0.188. The lowest BCUT2D eigenvalue weighted by Gasteiger charge is -2.30. The van der Waals surface area contributed by atoms with Crippen LogP contribution in [0, 0.1) is 23.7 Å². The Balaban J connectivity index is 0.00000181. The predicted octanol–water partition coefficient (Wildman–Crippen LogP) is 3.68. The minimum Gasteiger partial charge on any atom is -0.507 e. The van der Waals surface area contributed by atoms with Gasteiger partial charge in [0.1, 0.15) is 5.75 Å². The molecule has 224 valence electrons. The zero-order chi connectivity index (χ0) is 30.3. The van der Waals surface area contributed by atoms with Crippen LogP contribution in [0.2, 0.25) is 0 Å². The Hall–Kier alpha value is -2.86. The Morgan fingerprint density at radius 2 is 1.56 bits per heavy atom. The molecule has 0 aromatic heterocycles. The van der Waals surface area contributed by atoms with E-state index < -0.39 is 24.3 Å². The second-order valence-electron chi connectivity index (χ2n) is 10.2. The van der Waals surface area contributed by atoms with Crippen LogP contribution in [-0.2, 0) is 9.59 Å². The van der Waals surface area contributed by atoms with E-state index in [-0.39, 0.29) is 46.8 Å². The summed E-state index contributed by atoms with van der Waals surface area (Å²) in [6.07, 6.45) is -3.12. The summed E-state index contributed by atoms with van der Waals surface area (Å²) in [7, 11) is 0. The smallest absolute Gasteiger partial charge is 0.490 e. The normalized spacial score (nSPS) is 14.6. The topological polar surface area (TPSA) is 162 Å². The highest BCUT2D eigenvalue weighted by Gasteiger charge is 2.38. The number of carboxylic acid groups (broad SMARTS) is 1. The molecule has 12 heteroatoms. The third kappa shape index (κ3) is 14.2. The molecule has 4 atom stereocenters. The van der Waals surface area contributed by atoms with Crippen LogP contribution in [0.1, 0.15) is 70.7 Å². The summed E-state index contributed by atoms with van der Waals surface area (Å²) in [4.78, 5) is 33.9. The minimum atomic E-state index is -5.08. The number of aromatic hydroxyl groups is 1. The Morgan fingerprint density at radius 3 is 2.03 bits per heavy atom. The number of hydrogen-bond acceptors (Lipinski definition) is 6. The number of benzene rings is 1. The molecule has 0 fully saturated rings. The van der Waals surface area contributed by atoms with Crippen LogP contribution < -0.4 is 16.4 Å². The van der Waals surface area contributed by atoms with Gasteiger partial charge >= 0.3 is 12.1 Å². The number of phenols is 1. The number of aliphatic carboxylic acids is 1. The van der Waals surface area contributed by atoms with Gasteiger partial charge in [-0.3, -0.25) is 9.59 Å². The molecular weight excluding hydrogens is 519 g/mol.